The molecule has 6 heteroatoms. The third kappa shape index (κ3) is 3.11. The molecule has 2 amide bonds. The second-order valence-corrected chi connectivity index (χ2v) is 6.42. The van der Waals surface area contributed by atoms with E-state index in [9.17, 15) is 14.7 Å². The van der Waals surface area contributed by atoms with Crippen LogP contribution in [0.3, 0.4) is 0 Å². The second kappa shape index (κ2) is 6.10. The molecule has 0 aliphatic carbocycles. The first-order valence-corrected chi connectivity index (χ1v) is 8.02. The number of hydrogen-bond acceptors (Lipinski definition) is 3. The minimum Gasteiger partial charge on any atom is -0.487 e. The zero-order chi connectivity index (χ0) is 16.6. The van der Waals surface area contributed by atoms with Gasteiger partial charge in [-0.25, -0.2) is 4.79 Å². The van der Waals surface area contributed by atoms with E-state index in [2.05, 4.69) is 0 Å². The van der Waals surface area contributed by atoms with Crippen molar-refractivity contribution in [2.45, 2.75) is 32.8 Å². The highest BCUT2D eigenvalue weighted by atomic mass is 16.5. The molecule has 1 aromatic carbocycles. The number of hydrogen-bond donors (Lipinski definition) is 1. The third-order valence-electron chi connectivity index (χ3n) is 4.45. The molecule has 1 N–H and O–H groups in total. The molecular weight excluding hydrogens is 296 g/mol. The maximum Gasteiger partial charge on any atom is 0.324 e. The van der Waals surface area contributed by atoms with Gasteiger partial charge in [-0.2, -0.15) is 0 Å². The Hall–Kier alpha value is -2.24. The number of piperidine rings is 1. The number of ether oxygens (including phenoxy) is 1. The summed E-state index contributed by atoms with van der Waals surface area (Å²) < 4.78 is 5.81. The Bertz CT molecular complexity index is 631. The van der Waals surface area contributed by atoms with E-state index in [1.807, 2.05) is 32.0 Å². The Morgan fingerprint density at radius 1 is 1.30 bits per heavy atom. The van der Waals surface area contributed by atoms with Crippen LogP contribution >= 0.6 is 0 Å². The van der Waals surface area contributed by atoms with E-state index in [4.69, 9.17) is 4.74 Å². The molecule has 1 saturated heterocycles. The van der Waals surface area contributed by atoms with Crippen molar-refractivity contribution in [2.24, 2.45) is 5.92 Å². The van der Waals surface area contributed by atoms with Gasteiger partial charge in [-0.05, 0) is 44.4 Å². The van der Waals surface area contributed by atoms with Crippen molar-refractivity contribution in [2.75, 3.05) is 24.5 Å². The average Bonchev–Trinajstić information content (AvgIpc) is 2.54. The Labute approximate surface area is 135 Å². The summed E-state index contributed by atoms with van der Waals surface area (Å²) in [7, 11) is 0. The quantitative estimate of drug-likeness (QED) is 0.863. The summed E-state index contributed by atoms with van der Waals surface area (Å²) in [6, 6.07) is 5.66. The maximum atomic E-state index is 12.9. The molecule has 2 aliphatic heterocycles. The smallest absolute Gasteiger partial charge is 0.324 e. The van der Waals surface area contributed by atoms with E-state index in [1.54, 1.807) is 9.80 Å². The van der Waals surface area contributed by atoms with Crippen LogP contribution in [0.5, 0.6) is 5.75 Å². The molecule has 0 saturated carbocycles. The fraction of sp³-hybridized carbons (Fsp3) is 0.529. The van der Waals surface area contributed by atoms with Crippen molar-refractivity contribution in [1.82, 2.24) is 4.90 Å². The van der Waals surface area contributed by atoms with Crippen molar-refractivity contribution < 1.29 is 19.4 Å². The highest BCUT2D eigenvalue weighted by Crippen LogP contribution is 2.35. The van der Waals surface area contributed by atoms with Gasteiger partial charge in [0.05, 0.1) is 18.2 Å². The van der Waals surface area contributed by atoms with Gasteiger partial charge in [-0.15, -0.1) is 0 Å². The number of fused-ring (bicyclic) bond motifs is 1. The van der Waals surface area contributed by atoms with Gasteiger partial charge in [-0.1, -0.05) is 6.07 Å². The first kappa shape index (κ1) is 15.6. The molecule has 2 atom stereocenters. The highest BCUT2D eigenvalue weighted by Gasteiger charge is 2.34. The molecule has 3 rings (SSSR count). The first-order valence-electron chi connectivity index (χ1n) is 8.02. The van der Waals surface area contributed by atoms with E-state index in [0.29, 0.717) is 25.3 Å². The SMILES string of the molecule is Cc1ccc2c(c1)N(C(=O)N1CCC[C@H](C(=O)O)C1)C[C@H](C)O2. The minimum atomic E-state index is -0.825. The van der Waals surface area contributed by atoms with Crippen molar-refractivity contribution >= 4 is 17.7 Å². The molecule has 124 valence electrons. The maximum absolute atomic E-state index is 12.9. The summed E-state index contributed by atoms with van der Waals surface area (Å²) in [5, 5.41) is 9.21. The monoisotopic (exact) mass is 318 g/mol. The molecule has 6 nitrogen and oxygen atoms in total. The lowest BCUT2D eigenvalue weighted by atomic mass is 9.98. The summed E-state index contributed by atoms with van der Waals surface area (Å²) in [5.74, 6) is -0.591. The normalized spacial score (nSPS) is 23.9. The van der Waals surface area contributed by atoms with Crippen LogP contribution in [0.15, 0.2) is 18.2 Å². The number of benzene rings is 1. The molecule has 2 heterocycles. The molecule has 0 bridgehead atoms. The van der Waals surface area contributed by atoms with Crippen molar-refractivity contribution in [3.63, 3.8) is 0 Å². The second-order valence-electron chi connectivity index (χ2n) is 6.42. The first-order chi connectivity index (χ1) is 11.0. The van der Waals surface area contributed by atoms with Crippen LogP contribution in [-0.2, 0) is 4.79 Å². The van der Waals surface area contributed by atoms with E-state index in [1.165, 1.54) is 0 Å². The van der Waals surface area contributed by atoms with Gasteiger partial charge in [-0.3, -0.25) is 9.69 Å². The number of aryl methyl sites for hydroxylation is 1. The molecule has 1 aromatic rings. The number of anilines is 1. The van der Waals surface area contributed by atoms with Crippen molar-refractivity contribution in [3.05, 3.63) is 23.8 Å². The van der Waals surface area contributed by atoms with Crippen molar-refractivity contribution in [3.8, 4) is 5.75 Å². The van der Waals surface area contributed by atoms with Crippen LogP contribution in [0.4, 0.5) is 10.5 Å². The number of amides is 2. The number of likely N-dealkylation sites (tertiary alicyclic amines) is 1. The van der Waals surface area contributed by atoms with Gasteiger partial charge in [0, 0.05) is 13.1 Å². The van der Waals surface area contributed by atoms with E-state index >= 15 is 0 Å². The van der Waals surface area contributed by atoms with Gasteiger partial charge < -0.3 is 14.7 Å². The fourth-order valence-corrected chi connectivity index (χ4v) is 3.25. The Kier molecular flexibility index (Phi) is 4.15. The molecule has 0 radical (unpaired) electrons. The number of carbonyl (C=O) groups is 2. The van der Waals surface area contributed by atoms with E-state index in [0.717, 1.165) is 17.7 Å². The average molecular weight is 318 g/mol. The molecular formula is C17H22N2O4. The lowest BCUT2D eigenvalue weighted by Crippen LogP contribution is -2.52. The van der Waals surface area contributed by atoms with Crippen LogP contribution < -0.4 is 9.64 Å². The molecule has 0 spiro atoms. The predicted octanol–water partition coefficient (Wildman–Crippen LogP) is 2.50. The molecule has 23 heavy (non-hydrogen) atoms. The van der Waals surface area contributed by atoms with Crippen LogP contribution in [0.1, 0.15) is 25.3 Å². The topological polar surface area (TPSA) is 70.1 Å². The molecule has 0 aromatic heterocycles. The third-order valence-corrected chi connectivity index (χ3v) is 4.45. The Balaban J connectivity index is 1.85. The molecule has 1 fully saturated rings. The number of carboxylic acids is 1. The van der Waals surface area contributed by atoms with E-state index < -0.39 is 11.9 Å². The van der Waals surface area contributed by atoms with Gasteiger partial charge in [0.2, 0.25) is 0 Å². The molecule has 2 aliphatic rings. The minimum absolute atomic E-state index is 0.0887. The number of carboxylic acid groups (broad SMARTS) is 1. The summed E-state index contributed by atoms with van der Waals surface area (Å²) in [6.07, 6.45) is 1.27. The summed E-state index contributed by atoms with van der Waals surface area (Å²) in [6.45, 7) is 5.27. The highest BCUT2D eigenvalue weighted by molar-refractivity contribution is 5.94. The van der Waals surface area contributed by atoms with Gasteiger partial charge >= 0.3 is 12.0 Å². The molecule has 0 unspecified atom stereocenters. The van der Waals surface area contributed by atoms with Crippen LogP contribution in [0.25, 0.3) is 0 Å². The van der Waals surface area contributed by atoms with Crippen LogP contribution in [-0.4, -0.2) is 47.7 Å². The Morgan fingerprint density at radius 2 is 2.09 bits per heavy atom. The number of urea groups is 1. The number of rotatable bonds is 1. The largest absolute Gasteiger partial charge is 0.487 e. The van der Waals surface area contributed by atoms with Gasteiger partial charge in [0.15, 0.2) is 0 Å². The fourth-order valence-electron chi connectivity index (χ4n) is 3.25. The van der Waals surface area contributed by atoms with Crippen LogP contribution in [0, 0.1) is 12.8 Å². The lowest BCUT2D eigenvalue weighted by molar-refractivity contribution is -0.143. The van der Waals surface area contributed by atoms with Crippen LogP contribution in [0.2, 0.25) is 0 Å². The zero-order valence-electron chi connectivity index (χ0n) is 13.5. The lowest BCUT2D eigenvalue weighted by Gasteiger charge is -2.39. The van der Waals surface area contributed by atoms with Crippen molar-refractivity contribution in [1.29, 1.82) is 0 Å². The standard InChI is InChI=1S/C17H22N2O4/c1-11-5-6-15-14(8-11)19(9-12(2)23-15)17(22)18-7-3-4-13(10-18)16(20)21/h5-6,8,12-13H,3-4,7,9-10H2,1-2H3,(H,20,21)/t12-,13-/m0/s1. The van der Waals surface area contributed by atoms with E-state index in [-0.39, 0.29) is 18.7 Å². The predicted molar refractivity (Wildman–Crippen MR) is 85.9 cm³/mol. The summed E-state index contributed by atoms with van der Waals surface area (Å²) in [4.78, 5) is 27.5. The number of carbonyl (C=O) groups excluding carboxylic acids is 1. The number of nitrogens with zero attached hydrogens (tertiary/aromatic N) is 2. The van der Waals surface area contributed by atoms with Gasteiger partial charge in [0.1, 0.15) is 11.9 Å². The summed E-state index contributed by atoms with van der Waals surface area (Å²) in [5.41, 5.74) is 1.83. The Morgan fingerprint density at radius 3 is 2.83 bits per heavy atom. The number of aliphatic carboxylic acids is 1. The zero-order valence-corrected chi connectivity index (χ0v) is 13.5. The summed E-state index contributed by atoms with van der Waals surface area (Å²) >= 11 is 0. The van der Waals surface area contributed by atoms with Gasteiger partial charge in [0.25, 0.3) is 0 Å².